The van der Waals surface area contributed by atoms with Gasteiger partial charge in [-0.1, -0.05) is 19.8 Å². The van der Waals surface area contributed by atoms with Gasteiger partial charge in [-0.25, -0.2) is 0 Å². The number of rotatable bonds is 7. The molecule has 4 heteroatoms. The molecule has 2 unspecified atom stereocenters. The minimum atomic E-state index is -0.740. The molecule has 2 N–H and O–H groups in total. The molecule has 18 heavy (non-hydrogen) atoms. The first-order valence-corrected chi connectivity index (χ1v) is 7.29. The van der Waals surface area contributed by atoms with Gasteiger partial charge < -0.3 is 15.3 Å². The summed E-state index contributed by atoms with van der Waals surface area (Å²) in [5, 5.41) is 11.8. The lowest BCUT2D eigenvalue weighted by Gasteiger charge is -2.22. The summed E-state index contributed by atoms with van der Waals surface area (Å²) in [6, 6.07) is -0.403. The van der Waals surface area contributed by atoms with Crippen LogP contribution >= 0.6 is 0 Å². The second-order valence-electron chi connectivity index (χ2n) is 5.40. The van der Waals surface area contributed by atoms with E-state index in [1.807, 2.05) is 0 Å². The van der Waals surface area contributed by atoms with Crippen LogP contribution in [0, 0.1) is 5.92 Å². The lowest BCUT2D eigenvalue weighted by molar-refractivity contribution is -0.139. The van der Waals surface area contributed by atoms with E-state index in [2.05, 4.69) is 17.1 Å². The summed E-state index contributed by atoms with van der Waals surface area (Å²) in [6.45, 7) is 5.43. The molecule has 0 saturated carbocycles. The summed E-state index contributed by atoms with van der Waals surface area (Å²) in [4.78, 5) is 13.4. The molecule has 0 aromatic rings. The van der Waals surface area contributed by atoms with E-state index < -0.39 is 12.0 Å². The molecule has 1 rings (SSSR count). The van der Waals surface area contributed by atoms with Crippen LogP contribution < -0.4 is 5.32 Å². The van der Waals surface area contributed by atoms with E-state index >= 15 is 0 Å². The van der Waals surface area contributed by atoms with E-state index in [9.17, 15) is 4.79 Å². The first kappa shape index (κ1) is 15.4. The molecule has 1 saturated heterocycles. The Balaban J connectivity index is 2.28. The van der Waals surface area contributed by atoms with E-state index in [0.717, 1.165) is 25.6 Å². The van der Waals surface area contributed by atoms with E-state index in [1.165, 1.54) is 32.1 Å². The molecule has 0 amide bonds. The van der Waals surface area contributed by atoms with Crippen LogP contribution in [-0.4, -0.2) is 48.7 Å². The predicted molar refractivity (Wildman–Crippen MR) is 73.8 cm³/mol. The molecular formula is C14H28N2O2. The molecule has 1 aliphatic rings. The third-order valence-electron chi connectivity index (χ3n) is 4.02. The van der Waals surface area contributed by atoms with Crippen LogP contribution in [0.3, 0.4) is 0 Å². The highest BCUT2D eigenvalue weighted by atomic mass is 16.4. The Kier molecular flexibility index (Phi) is 7.28. The van der Waals surface area contributed by atoms with Gasteiger partial charge in [0.05, 0.1) is 0 Å². The minimum Gasteiger partial charge on any atom is -0.480 e. The van der Waals surface area contributed by atoms with Gasteiger partial charge in [0.25, 0.3) is 0 Å². The van der Waals surface area contributed by atoms with Crippen molar-refractivity contribution in [2.24, 2.45) is 5.92 Å². The van der Waals surface area contributed by atoms with Gasteiger partial charge in [-0.05, 0) is 51.7 Å². The van der Waals surface area contributed by atoms with E-state index in [-0.39, 0.29) is 0 Å². The Morgan fingerprint density at radius 2 is 2.22 bits per heavy atom. The zero-order valence-electron chi connectivity index (χ0n) is 11.8. The van der Waals surface area contributed by atoms with Crippen molar-refractivity contribution in [3.63, 3.8) is 0 Å². The summed E-state index contributed by atoms with van der Waals surface area (Å²) >= 11 is 0. The molecular weight excluding hydrogens is 228 g/mol. The molecule has 0 radical (unpaired) electrons. The molecule has 1 aliphatic heterocycles. The molecule has 0 bridgehead atoms. The maximum absolute atomic E-state index is 10.9. The minimum absolute atomic E-state index is 0.403. The van der Waals surface area contributed by atoms with Crippen molar-refractivity contribution < 1.29 is 9.90 Å². The average Bonchev–Trinajstić information content (AvgIpc) is 2.56. The number of hydrogen-bond donors (Lipinski definition) is 2. The summed E-state index contributed by atoms with van der Waals surface area (Å²) in [5.41, 5.74) is 0. The van der Waals surface area contributed by atoms with Gasteiger partial charge in [0.15, 0.2) is 0 Å². The van der Waals surface area contributed by atoms with Gasteiger partial charge in [-0.3, -0.25) is 4.79 Å². The summed E-state index contributed by atoms with van der Waals surface area (Å²) in [6.07, 6.45) is 7.23. The lowest BCUT2D eigenvalue weighted by Crippen LogP contribution is -2.38. The van der Waals surface area contributed by atoms with Crippen molar-refractivity contribution in [3.05, 3.63) is 0 Å². The van der Waals surface area contributed by atoms with Gasteiger partial charge in [-0.2, -0.15) is 0 Å². The molecule has 0 aromatic carbocycles. The second kappa shape index (κ2) is 8.48. The molecule has 0 aromatic heterocycles. The zero-order chi connectivity index (χ0) is 13.4. The maximum atomic E-state index is 10.9. The molecule has 106 valence electrons. The molecule has 1 heterocycles. The highest BCUT2D eigenvalue weighted by molar-refractivity contribution is 5.73. The smallest absolute Gasteiger partial charge is 0.320 e. The number of carboxylic acids is 1. The highest BCUT2D eigenvalue weighted by Gasteiger charge is 2.19. The standard InChI is InChI=1S/C14H28N2O2/c1-3-5-12-6-4-9-16(10-7-12)11-8-13(15-2)14(17)18/h12-13,15H,3-11H2,1-2H3,(H,17,18). The number of hydrogen-bond acceptors (Lipinski definition) is 3. The summed E-state index contributed by atoms with van der Waals surface area (Å²) < 4.78 is 0. The van der Waals surface area contributed by atoms with Crippen LogP contribution in [0.25, 0.3) is 0 Å². The second-order valence-corrected chi connectivity index (χ2v) is 5.40. The fourth-order valence-electron chi connectivity index (χ4n) is 2.85. The predicted octanol–water partition coefficient (Wildman–Crippen LogP) is 1.95. The van der Waals surface area contributed by atoms with Crippen molar-refractivity contribution in [2.45, 2.75) is 51.5 Å². The highest BCUT2D eigenvalue weighted by Crippen LogP contribution is 2.21. The molecule has 0 aliphatic carbocycles. The van der Waals surface area contributed by atoms with Gasteiger partial charge in [0, 0.05) is 6.54 Å². The van der Waals surface area contributed by atoms with Crippen molar-refractivity contribution in [2.75, 3.05) is 26.7 Å². The van der Waals surface area contributed by atoms with Crippen LogP contribution in [0.5, 0.6) is 0 Å². The van der Waals surface area contributed by atoms with Crippen molar-refractivity contribution in [3.8, 4) is 0 Å². The number of carbonyl (C=O) groups is 1. The molecule has 4 nitrogen and oxygen atoms in total. The monoisotopic (exact) mass is 256 g/mol. The Morgan fingerprint density at radius 1 is 1.44 bits per heavy atom. The maximum Gasteiger partial charge on any atom is 0.320 e. The quantitative estimate of drug-likeness (QED) is 0.731. The fourth-order valence-corrected chi connectivity index (χ4v) is 2.85. The van der Waals surface area contributed by atoms with Gasteiger partial charge in [0.1, 0.15) is 6.04 Å². The number of carboxylic acid groups (broad SMARTS) is 1. The lowest BCUT2D eigenvalue weighted by atomic mass is 9.96. The summed E-state index contributed by atoms with van der Waals surface area (Å²) in [7, 11) is 1.72. The molecule has 1 fully saturated rings. The number of likely N-dealkylation sites (tertiary alicyclic amines) is 1. The Hall–Kier alpha value is -0.610. The van der Waals surface area contributed by atoms with Gasteiger partial charge in [0.2, 0.25) is 0 Å². The zero-order valence-corrected chi connectivity index (χ0v) is 11.8. The summed E-state index contributed by atoms with van der Waals surface area (Å²) in [5.74, 6) is 0.149. The molecule has 2 atom stereocenters. The van der Waals surface area contributed by atoms with Crippen molar-refractivity contribution in [1.29, 1.82) is 0 Å². The van der Waals surface area contributed by atoms with Crippen molar-refractivity contribution in [1.82, 2.24) is 10.2 Å². The first-order valence-electron chi connectivity index (χ1n) is 7.29. The van der Waals surface area contributed by atoms with E-state index in [4.69, 9.17) is 5.11 Å². The SMILES string of the molecule is CCCC1CCCN(CCC(NC)C(=O)O)CC1. The topological polar surface area (TPSA) is 52.6 Å². The first-order chi connectivity index (χ1) is 8.67. The van der Waals surface area contributed by atoms with Crippen LogP contribution in [0.2, 0.25) is 0 Å². The van der Waals surface area contributed by atoms with Crippen LogP contribution in [0.1, 0.15) is 45.4 Å². The molecule has 0 spiro atoms. The van der Waals surface area contributed by atoms with Crippen LogP contribution in [0.4, 0.5) is 0 Å². The van der Waals surface area contributed by atoms with E-state index in [0.29, 0.717) is 6.42 Å². The Bertz CT molecular complexity index is 246. The largest absolute Gasteiger partial charge is 0.480 e. The third kappa shape index (κ3) is 5.36. The Morgan fingerprint density at radius 3 is 2.83 bits per heavy atom. The average molecular weight is 256 g/mol. The number of nitrogens with one attached hydrogen (secondary N) is 1. The third-order valence-corrected chi connectivity index (χ3v) is 4.02. The number of nitrogens with zero attached hydrogens (tertiary/aromatic N) is 1. The normalized spacial score (nSPS) is 23.6. The van der Waals surface area contributed by atoms with E-state index in [1.54, 1.807) is 7.05 Å². The number of likely N-dealkylation sites (N-methyl/N-ethyl adjacent to an activating group) is 1. The van der Waals surface area contributed by atoms with Gasteiger partial charge >= 0.3 is 5.97 Å². The van der Waals surface area contributed by atoms with Crippen LogP contribution in [-0.2, 0) is 4.79 Å². The fraction of sp³-hybridized carbons (Fsp3) is 0.929. The van der Waals surface area contributed by atoms with Crippen molar-refractivity contribution >= 4 is 5.97 Å². The van der Waals surface area contributed by atoms with Crippen LogP contribution in [0.15, 0.2) is 0 Å². The number of aliphatic carboxylic acids is 1. The van der Waals surface area contributed by atoms with Gasteiger partial charge in [-0.15, -0.1) is 0 Å². The Labute approximate surface area is 111 Å².